The molecule has 19 heavy (non-hydrogen) atoms. The summed E-state index contributed by atoms with van der Waals surface area (Å²) >= 11 is 0. The quantitative estimate of drug-likeness (QED) is 0.905. The van der Waals surface area contributed by atoms with E-state index in [1.807, 2.05) is 17.9 Å². The zero-order chi connectivity index (χ0) is 13.8. The van der Waals surface area contributed by atoms with Gasteiger partial charge >= 0.3 is 0 Å². The minimum atomic E-state index is -0.197. The van der Waals surface area contributed by atoms with Crippen LogP contribution in [0.1, 0.15) is 36.9 Å². The highest BCUT2D eigenvalue weighted by Crippen LogP contribution is 2.16. The van der Waals surface area contributed by atoms with E-state index in [-0.39, 0.29) is 17.8 Å². The first-order valence-electron chi connectivity index (χ1n) is 6.85. The summed E-state index contributed by atoms with van der Waals surface area (Å²) in [7, 11) is 0. The Kier molecular flexibility index (Phi) is 4.53. The Morgan fingerprint density at radius 2 is 2.11 bits per heavy atom. The van der Waals surface area contributed by atoms with Crippen molar-refractivity contribution in [1.82, 2.24) is 10.2 Å². The number of nitrogens with zero attached hydrogens (tertiary/aromatic N) is 1. The van der Waals surface area contributed by atoms with E-state index < -0.39 is 0 Å². The van der Waals surface area contributed by atoms with Crippen molar-refractivity contribution >= 4 is 5.91 Å². The van der Waals surface area contributed by atoms with Gasteiger partial charge in [0, 0.05) is 19.1 Å². The summed E-state index contributed by atoms with van der Waals surface area (Å²) < 4.78 is 13.5. The summed E-state index contributed by atoms with van der Waals surface area (Å²) in [6, 6.07) is 5.18. The van der Waals surface area contributed by atoms with Crippen LogP contribution >= 0.6 is 0 Å². The highest BCUT2D eigenvalue weighted by atomic mass is 19.1. The third kappa shape index (κ3) is 3.53. The molecule has 1 aliphatic heterocycles. The first kappa shape index (κ1) is 14.0. The van der Waals surface area contributed by atoms with Crippen molar-refractivity contribution in [3.63, 3.8) is 0 Å². The molecule has 2 rings (SSSR count). The van der Waals surface area contributed by atoms with Crippen molar-refractivity contribution in [2.24, 2.45) is 0 Å². The Hall–Kier alpha value is -1.42. The number of hydrogen-bond acceptors (Lipinski definition) is 2. The van der Waals surface area contributed by atoms with Crippen LogP contribution in [0, 0.1) is 12.7 Å². The molecule has 1 N–H and O–H groups in total. The molecule has 1 heterocycles. The summed E-state index contributed by atoms with van der Waals surface area (Å²) in [5.41, 5.74) is 1.52. The second-order valence-corrected chi connectivity index (χ2v) is 5.20. The van der Waals surface area contributed by atoms with Gasteiger partial charge in [0.15, 0.2) is 0 Å². The first-order chi connectivity index (χ1) is 9.08. The average Bonchev–Trinajstić information content (AvgIpc) is 2.92. The van der Waals surface area contributed by atoms with Gasteiger partial charge in [0.2, 0.25) is 5.91 Å². The predicted octanol–water partition coefficient (Wildman–Crippen LogP) is 2.41. The van der Waals surface area contributed by atoms with Crippen LogP contribution in [0.5, 0.6) is 0 Å². The van der Waals surface area contributed by atoms with E-state index in [1.165, 1.54) is 6.07 Å². The number of carbonyl (C=O) groups is 1. The van der Waals surface area contributed by atoms with Gasteiger partial charge < -0.3 is 10.2 Å². The zero-order valence-electron chi connectivity index (χ0n) is 11.6. The van der Waals surface area contributed by atoms with Crippen LogP contribution in [0.4, 0.5) is 4.39 Å². The number of aryl methyl sites for hydroxylation is 1. The number of likely N-dealkylation sites (tertiary alicyclic amines) is 1. The smallest absolute Gasteiger partial charge is 0.236 e. The van der Waals surface area contributed by atoms with Gasteiger partial charge in [-0.25, -0.2) is 4.39 Å². The third-order valence-corrected chi connectivity index (χ3v) is 3.71. The van der Waals surface area contributed by atoms with Crippen LogP contribution in [0.2, 0.25) is 0 Å². The van der Waals surface area contributed by atoms with Gasteiger partial charge in [0.25, 0.3) is 0 Å². The van der Waals surface area contributed by atoms with Crippen molar-refractivity contribution in [3.05, 3.63) is 35.1 Å². The molecule has 1 unspecified atom stereocenters. The number of amides is 1. The standard InChI is InChI=1S/C15H21FN2O/c1-11-5-6-13(9-14(11)16)12(2)17-10-15(19)18-7-3-4-8-18/h5-6,9,12,17H,3-4,7-8,10H2,1-2H3. The van der Waals surface area contributed by atoms with Crippen molar-refractivity contribution < 1.29 is 9.18 Å². The van der Waals surface area contributed by atoms with E-state index in [0.717, 1.165) is 31.5 Å². The topological polar surface area (TPSA) is 32.3 Å². The highest BCUT2D eigenvalue weighted by molar-refractivity contribution is 5.78. The molecule has 3 nitrogen and oxygen atoms in total. The Labute approximate surface area is 113 Å². The summed E-state index contributed by atoms with van der Waals surface area (Å²) in [6.07, 6.45) is 2.20. The zero-order valence-corrected chi connectivity index (χ0v) is 11.6. The molecule has 0 aromatic heterocycles. The lowest BCUT2D eigenvalue weighted by Crippen LogP contribution is -2.37. The van der Waals surface area contributed by atoms with Gasteiger partial charge in [-0.05, 0) is 43.9 Å². The number of hydrogen-bond donors (Lipinski definition) is 1. The minimum Gasteiger partial charge on any atom is -0.342 e. The van der Waals surface area contributed by atoms with Gasteiger partial charge in [0.05, 0.1) is 6.54 Å². The molecule has 1 aromatic rings. The van der Waals surface area contributed by atoms with E-state index in [0.29, 0.717) is 12.1 Å². The first-order valence-corrected chi connectivity index (χ1v) is 6.85. The van der Waals surface area contributed by atoms with Gasteiger partial charge in [-0.2, -0.15) is 0 Å². The molecule has 1 atom stereocenters. The van der Waals surface area contributed by atoms with Crippen LogP contribution in [0.15, 0.2) is 18.2 Å². The van der Waals surface area contributed by atoms with Crippen molar-refractivity contribution in [3.8, 4) is 0 Å². The molecule has 0 saturated carbocycles. The van der Waals surface area contributed by atoms with Crippen LogP contribution in [-0.4, -0.2) is 30.4 Å². The van der Waals surface area contributed by atoms with Crippen LogP contribution in [0.3, 0.4) is 0 Å². The van der Waals surface area contributed by atoms with E-state index in [1.54, 1.807) is 13.0 Å². The lowest BCUT2D eigenvalue weighted by atomic mass is 10.1. The Balaban J connectivity index is 1.88. The highest BCUT2D eigenvalue weighted by Gasteiger charge is 2.18. The van der Waals surface area contributed by atoms with E-state index in [4.69, 9.17) is 0 Å². The molecule has 0 aliphatic carbocycles. The minimum absolute atomic E-state index is 0.0262. The second kappa shape index (κ2) is 6.15. The lowest BCUT2D eigenvalue weighted by molar-refractivity contribution is -0.129. The molecule has 0 radical (unpaired) electrons. The number of nitrogens with one attached hydrogen (secondary N) is 1. The van der Waals surface area contributed by atoms with Crippen molar-refractivity contribution in [2.75, 3.05) is 19.6 Å². The Morgan fingerprint density at radius 3 is 2.74 bits per heavy atom. The number of halogens is 1. The Morgan fingerprint density at radius 1 is 1.42 bits per heavy atom. The third-order valence-electron chi connectivity index (χ3n) is 3.71. The van der Waals surface area contributed by atoms with Gasteiger partial charge in [-0.15, -0.1) is 0 Å². The average molecular weight is 264 g/mol. The van der Waals surface area contributed by atoms with E-state index in [9.17, 15) is 9.18 Å². The van der Waals surface area contributed by atoms with Crippen LogP contribution in [0.25, 0.3) is 0 Å². The van der Waals surface area contributed by atoms with Crippen molar-refractivity contribution in [1.29, 1.82) is 0 Å². The fourth-order valence-electron chi connectivity index (χ4n) is 2.32. The molecule has 1 fully saturated rings. The molecule has 1 aliphatic rings. The van der Waals surface area contributed by atoms with Crippen LogP contribution < -0.4 is 5.32 Å². The second-order valence-electron chi connectivity index (χ2n) is 5.20. The van der Waals surface area contributed by atoms with Crippen molar-refractivity contribution in [2.45, 2.75) is 32.7 Å². The predicted molar refractivity (Wildman–Crippen MR) is 73.4 cm³/mol. The van der Waals surface area contributed by atoms with Gasteiger partial charge in [-0.3, -0.25) is 4.79 Å². The molecule has 104 valence electrons. The SMILES string of the molecule is Cc1ccc(C(C)NCC(=O)N2CCCC2)cc1F. The lowest BCUT2D eigenvalue weighted by Gasteiger charge is -2.19. The van der Waals surface area contributed by atoms with Crippen LogP contribution in [-0.2, 0) is 4.79 Å². The summed E-state index contributed by atoms with van der Waals surface area (Å²) in [4.78, 5) is 13.8. The molecule has 4 heteroatoms. The Bertz CT molecular complexity index is 455. The number of carbonyl (C=O) groups excluding carboxylic acids is 1. The van der Waals surface area contributed by atoms with E-state index >= 15 is 0 Å². The molecule has 0 spiro atoms. The number of benzene rings is 1. The molecule has 1 aromatic carbocycles. The molecular weight excluding hydrogens is 243 g/mol. The molecule has 1 amide bonds. The van der Waals surface area contributed by atoms with E-state index in [2.05, 4.69) is 5.32 Å². The summed E-state index contributed by atoms with van der Waals surface area (Å²) in [6.45, 7) is 5.74. The molecule has 1 saturated heterocycles. The van der Waals surface area contributed by atoms with Gasteiger partial charge in [-0.1, -0.05) is 12.1 Å². The maximum atomic E-state index is 13.5. The maximum absolute atomic E-state index is 13.5. The largest absolute Gasteiger partial charge is 0.342 e. The summed E-state index contributed by atoms with van der Waals surface area (Å²) in [5, 5.41) is 3.16. The normalized spacial score (nSPS) is 16.7. The number of rotatable bonds is 4. The van der Waals surface area contributed by atoms with Gasteiger partial charge in [0.1, 0.15) is 5.82 Å². The molecule has 0 bridgehead atoms. The maximum Gasteiger partial charge on any atom is 0.236 e. The summed E-state index contributed by atoms with van der Waals surface area (Å²) in [5.74, 6) is -0.0612. The fourth-order valence-corrected chi connectivity index (χ4v) is 2.32. The fraction of sp³-hybridized carbons (Fsp3) is 0.533. The molecular formula is C15H21FN2O. The monoisotopic (exact) mass is 264 g/mol.